The summed E-state index contributed by atoms with van der Waals surface area (Å²) in [6.45, 7) is 7.41. The van der Waals surface area contributed by atoms with Gasteiger partial charge in [-0.05, 0) is 62.2 Å². The van der Waals surface area contributed by atoms with E-state index in [0.717, 1.165) is 46.7 Å². The molecule has 7 heteroatoms. The standard InChI is InChI=1S/C26H27N3O2S2/c1-4-6-14-28-25(30)23(33-26(28)32)16-19-17-29(20-10-8-7-9-11-20)27-24(19)22-13-12-21(31-5-2)15-18(22)3/h7-13,15-17H,4-6,14H2,1-3H3. The molecule has 1 saturated heterocycles. The molecule has 0 atom stereocenters. The van der Waals surface area contributed by atoms with E-state index in [-0.39, 0.29) is 5.91 Å². The lowest BCUT2D eigenvalue weighted by Gasteiger charge is -2.13. The summed E-state index contributed by atoms with van der Waals surface area (Å²) in [4.78, 5) is 15.4. The fourth-order valence-corrected chi connectivity index (χ4v) is 5.02. The summed E-state index contributed by atoms with van der Waals surface area (Å²) in [6, 6.07) is 16.0. The number of hydrogen-bond acceptors (Lipinski definition) is 5. The Bertz CT molecular complexity index is 1200. The van der Waals surface area contributed by atoms with Gasteiger partial charge < -0.3 is 4.74 Å². The van der Waals surface area contributed by atoms with Crippen LogP contribution in [0.4, 0.5) is 0 Å². The fourth-order valence-electron chi connectivity index (χ4n) is 3.72. The van der Waals surface area contributed by atoms with Crippen molar-refractivity contribution in [2.45, 2.75) is 33.6 Å². The number of amides is 1. The monoisotopic (exact) mass is 477 g/mol. The van der Waals surface area contributed by atoms with E-state index < -0.39 is 0 Å². The zero-order valence-corrected chi connectivity index (χ0v) is 20.7. The molecule has 0 spiro atoms. The quantitative estimate of drug-likeness (QED) is 0.284. The molecule has 33 heavy (non-hydrogen) atoms. The van der Waals surface area contributed by atoms with Gasteiger partial charge in [-0.1, -0.05) is 55.5 Å². The molecule has 3 aromatic rings. The summed E-state index contributed by atoms with van der Waals surface area (Å²) in [7, 11) is 0. The molecular formula is C26H27N3O2S2. The van der Waals surface area contributed by atoms with E-state index in [0.29, 0.717) is 22.4 Å². The van der Waals surface area contributed by atoms with Crippen molar-refractivity contribution in [2.75, 3.05) is 13.2 Å². The number of thioether (sulfide) groups is 1. The van der Waals surface area contributed by atoms with Crippen LogP contribution in [0.15, 0.2) is 59.6 Å². The molecule has 0 bridgehead atoms. The highest BCUT2D eigenvalue weighted by Crippen LogP contribution is 2.36. The number of rotatable bonds is 8. The van der Waals surface area contributed by atoms with Crippen LogP contribution in [0.25, 0.3) is 23.0 Å². The molecule has 2 heterocycles. The highest BCUT2D eigenvalue weighted by molar-refractivity contribution is 8.26. The van der Waals surface area contributed by atoms with E-state index in [9.17, 15) is 4.79 Å². The Balaban J connectivity index is 1.78. The van der Waals surface area contributed by atoms with E-state index in [1.165, 1.54) is 11.8 Å². The van der Waals surface area contributed by atoms with E-state index in [1.807, 2.05) is 79.3 Å². The third kappa shape index (κ3) is 5.04. The Morgan fingerprint density at radius 3 is 2.64 bits per heavy atom. The van der Waals surface area contributed by atoms with Gasteiger partial charge in [0.25, 0.3) is 5.91 Å². The van der Waals surface area contributed by atoms with Crippen molar-refractivity contribution in [1.82, 2.24) is 14.7 Å². The van der Waals surface area contributed by atoms with Gasteiger partial charge in [0.2, 0.25) is 0 Å². The van der Waals surface area contributed by atoms with Crippen LogP contribution < -0.4 is 4.74 Å². The van der Waals surface area contributed by atoms with Crippen LogP contribution in [-0.4, -0.2) is 38.1 Å². The lowest BCUT2D eigenvalue weighted by molar-refractivity contribution is -0.122. The maximum atomic E-state index is 13.0. The lowest BCUT2D eigenvalue weighted by atomic mass is 10.0. The van der Waals surface area contributed by atoms with Crippen molar-refractivity contribution in [3.63, 3.8) is 0 Å². The first-order chi connectivity index (χ1) is 16.0. The highest BCUT2D eigenvalue weighted by Gasteiger charge is 2.32. The van der Waals surface area contributed by atoms with E-state index in [4.69, 9.17) is 22.1 Å². The van der Waals surface area contributed by atoms with E-state index in [2.05, 4.69) is 6.92 Å². The number of thiocarbonyl (C=S) groups is 1. The summed E-state index contributed by atoms with van der Waals surface area (Å²) in [5.41, 5.74) is 4.71. The second kappa shape index (κ2) is 10.4. The van der Waals surface area contributed by atoms with Crippen molar-refractivity contribution >= 4 is 40.3 Å². The van der Waals surface area contributed by atoms with Gasteiger partial charge in [0.15, 0.2) is 0 Å². The molecule has 1 fully saturated rings. The van der Waals surface area contributed by atoms with Crippen molar-refractivity contribution in [3.05, 3.63) is 70.8 Å². The number of hydrogen-bond donors (Lipinski definition) is 0. The van der Waals surface area contributed by atoms with Crippen LogP contribution in [0.3, 0.4) is 0 Å². The summed E-state index contributed by atoms with van der Waals surface area (Å²) in [5.74, 6) is 0.805. The number of carbonyl (C=O) groups excluding carboxylic acids is 1. The summed E-state index contributed by atoms with van der Waals surface area (Å²) in [5, 5.41) is 4.91. The number of para-hydroxylation sites is 1. The normalized spacial score (nSPS) is 15.0. The first kappa shape index (κ1) is 23.3. The minimum absolute atomic E-state index is 0.0275. The number of carbonyl (C=O) groups is 1. The van der Waals surface area contributed by atoms with Crippen LogP contribution in [0.1, 0.15) is 37.8 Å². The topological polar surface area (TPSA) is 47.4 Å². The average Bonchev–Trinajstić information content (AvgIpc) is 3.34. The minimum atomic E-state index is -0.0275. The molecule has 0 aliphatic carbocycles. The Kier molecular flexibility index (Phi) is 7.30. The van der Waals surface area contributed by atoms with Gasteiger partial charge >= 0.3 is 0 Å². The largest absolute Gasteiger partial charge is 0.494 e. The zero-order valence-electron chi connectivity index (χ0n) is 19.1. The Labute approximate surface area is 204 Å². The summed E-state index contributed by atoms with van der Waals surface area (Å²) in [6.07, 6.45) is 5.84. The van der Waals surface area contributed by atoms with Gasteiger partial charge in [-0.3, -0.25) is 9.69 Å². The fraction of sp³-hybridized carbons (Fsp3) is 0.269. The molecule has 1 aliphatic rings. The third-order valence-electron chi connectivity index (χ3n) is 5.42. The second-order valence-corrected chi connectivity index (χ2v) is 9.49. The number of unbranched alkanes of at least 4 members (excludes halogenated alkanes) is 1. The van der Waals surface area contributed by atoms with E-state index >= 15 is 0 Å². The molecule has 170 valence electrons. The van der Waals surface area contributed by atoms with Gasteiger partial charge in [-0.15, -0.1) is 0 Å². The molecular weight excluding hydrogens is 450 g/mol. The Hall–Kier alpha value is -2.90. The van der Waals surface area contributed by atoms with Crippen molar-refractivity contribution < 1.29 is 9.53 Å². The van der Waals surface area contributed by atoms with Crippen LogP contribution in [0.5, 0.6) is 5.75 Å². The average molecular weight is 478 g/mol. The van der Waals surface area contributed by atoms with Gasteiger partial charge in [0.1, 0.15) is 15.8 Å². The summed E-state index contributed by atoms with van der Waals surface area (Å²) < 4.78 is 8.13. The molecule has 0 radical (unpaired) electrons. The molecule has 0 N–H and O–H groups in total. The van der Waals surface area contributed by atoms with Crippen LogP contribution in [-0.2, 0) is 4.79 Å². The maximum Gasteiger partial charge on any atom is 0.266 e. The van der Waals surface area contributed by atoms with Gasteiger partial charge in [-0.2, -0.15) is 5.10 Å². The van der Waals surface area contributed by atoms with Crippen molar-refractivity contribution in [2.24, 2.45) is 0 Å². The molecule has 4 rings (SSSR count). The first-order valence-corrected chi connectivity index (χ1v) is 12.4. The Morgan fingerprint density at radius 1 is 1.15 bits per heavy atom. The minimum Gasteiger partial charge on any atom is -0.494 e. The number of aromatic nitrogens is 2. The molecule has 1 aromatic heterocycles. The molecule has 0 saturated carbocycles. The number of nitrogens with zero attached hydrogens (tertiary/aromatic N) is 3. The lowest BCUT2D eigenvalue weighted by Crippen LogP contribution is -2.28. The highest BCUT2D eigenvalue weighted by atomic mass is 32.2. The number of benzene rings is 2. The zero-order chi connectivity index (χ0) is 23.4. The first-order valence-electron chi connectivity index (χ1n) is 11.2. The van der Waals surface area contributed by atoms with E-state index in [1.54, 1.807) is 4.90 Å². The second-order valence-electron chi connectivity index (χ2n) is 7.81. The van der Waals surface area contributed by atoms with Crippen molar-refractivity contribution in [1.29, 1.82) is 0 Å². The molecule has 5 nitrogen and oxygen atoms in total. The third-order valence-corrected chi connectivity index (χ3v) is 6.80. The number of ether oxygens (including phenoxy) is 1. The maximum absolute atomic E-state index is 13.0. The SMILES string of the molecule is CCCCN1C(=O)C(=Cc2cn(-c3ccccc3)nc2-c2ccc(OCC)cc2C)SC1=S. The smallest absolute Gasteiger partial charge is 0.266 e. The number of aryl methyl sites for hydroxylation is 1. The summed E-state index contributed by atoms with van der Waals surface area (Å²) >= 11 is 6.85. The predicted octanol–water partition coefficient (Wildman–Crippen LogP) is 6.25. The molecule has 2 aromatic carbocycles. The van der Waals surface area contributed by atoms with Crippen molar-refractivity contribution in [3.8, 4) is 22.7 Å². The van der Waals surface area contributed by atoms with Gasteiger partial charge in [-0.25, -0.2) is 4.68 Å². The van der Waals surface area contributed by atoms with Gasteiger partial charge in [0, 0.05) is 23.9 Å². The predicted molar refractivity (Wildman–Crippen MR) is 140 cm³/mol. The molecule has 1 amide bonds. The van der Waals surface area contributed by atoms with Gasteiger partial charge in [0.05, 0.1) is 17.2 Å². The van der Waals surface area contributed by atoms with Crippen LogP contribution in [0.2, 0.25) is 0 Å². The molecule has 1 aliphatic heterocycles. The molecule has 0 unspecified atom stereocenters. The Morgan fingerprint density at radius 2 is 1.94 bits per heavy atom. The van der Waals surface area contributed by atoms with Crippen LogP contribution >= 0.6 is 24.0 Å². The van der Waals surface area contributed by atoms with Crippen LogP contribution in [0, 0.1) is 6.92 Å².